The molecule has 0 fully saturated rings. The van der Waals surface area contributed by atoms with Crippen LogP contribution in [0.4, 0.5) is 5.82 Å². The van der Waals surface area contributed by atoms with Crippen LogP contribution in [0.2, 0.25) is 0 Å². The molecule has 0 aliphatic carbocycles. The quantitative estimate of drug-likeness (QED) is 0.590. The summed E-state index contributed by atoms with van der Waals surface area (Å²) in [5.74, 6) is 1.04. The SMILES string of the molecule is c1c[nH]c(C(CNc2ncnc3ccccc23)c2ccncc2)c1. The molecule has 5 nitrogen and oxygen atoms in total. The van der Waals surface area contributed by atoms with Gasteiger partial charge in [0.1, 0.15) is 12.1 Å². The summed E-state index contributed by atoms with van der Waals surface area (Å²) in [6.45, 7) is 0.728. The number of anilines is 1. The van der Waals surface area contributed by atoms with Crippen LogP contribution < -0.4 is 5.32 Å². The van der Waals surface area contributed by atoms with E-state index < -0.39 is 0 Å². The minimum atomic E-state index is 0.191. The highest BCUT2D eigenvalue weighted by Gasteiger charge is 2.15. The topological polar surface area (TPSA) is 66.5 Å². The molecule has 0 saturated carbocycles. The first-order chi connectivity index (χ1) is 11.9. The number of benzene rings is 1. The van der Waals surface area contributed by atoms with E-state index in [0.717, 1.165) is 29.0 Å². The lowest BCUT2D eigenvalue weighted by atomic mass is 9.96. The number of hydrogen-bond donors (Lipinski definition) is 2. The Bertz CT molecular complexity index is 914. The Morgan fingerprint density at radius 2 is 1.83 bits per heavy atom. The van der Waals surface area contributed by atoms with Crippen LogP contribution >= 0.6 is 0 Å². The van der Waals surface area contributed by atoms with E-state index in [1.54, 1.807) is 6.33 Å². The van der Waals surface area contributed by atoms with Gasteiger partial charge < -0.3 is 10.3 Å². The summed E-state index contributed by atoms with van der Waals surface area (Å²) in [6, 6.07) is 16.2. The maximum absolute atomic E-state index is 4.41. The van der Waals surface area contributed by atoms with Crippen molar-refractivity contribution >= 4 is 16.7 Å². The van der Waals surface area contributed by atoms with Crippen molar-refractivity contribution in [3.8, 4) is 0 Å². The Balaban J connectivity index is 1.64. The molecule has 3 aromatic heterocycles. The maximum Gasteiger partial charge on any atom is 0.137 e. The van der Waals surface area contributed by atoms with Gasteiger partial charge in [-0.3, -0.25) is 4.98 Å². The third-order valence-electron chi connectivity index (χ3n) is 4.12. The van der Waals surface area contributed by atoms with Crippen LogP contribution in [0.25, 0.3) is 10.9 Å². The summed E-state index contributed by atoms with van der Waals surface area (Å²) in [5.41, 5.74) is 3.31. The van der Waals surface area contributed by atoms with Crippen LogP contribution in [-0.2, 0) is 0 Å². The molecule has 0 radical (unpaired) electrons. The lowest BCUT2D eigenvalue weighted by Gasteiger charge is -2.18. The molecule has 4 aromatic rings. The molecule has 0 aliphatic heterocycles. The number of nitrogens with one attached hydrogen (secondary N) is 2. The first kappa shape index (κ1) is 14.4. The highest BCUT2D eigenvalue weighted by Crippen LogP contribution is 2.25. The van der Waals surface area contributed by atoms with Gasteiger partial charge in [-0.1, -0.05) is 12.1 Å². The molecule has 0 bridgehead atoms. The first-order valence-corrected chi connectivity index (χ1v) is 7.88. The van der Waals surface area contributed by atoms with E-state index in [1.165, 1.54) is 5.56 Å². The summed E-state index contributed by atoms with van der Waals surface area (Å²) < 4.78 is 0. The van der Waals surface area contributed by atoms with E-state index in [-0.39, 0.29) is 5.92 Å². The van der Waals surface area contributed by atoms with Crippen molar-refractivity contribution in [2.45, 2.75) is 5.92 Å². The molecular formula is C19H17N5. The molecule has 0 aliphatic rings. The van der Waals surface area contributed by atoms with Crippen molar-refractivity contribution < 1.29 is 0 Å². The monoisotopic (exact) mass is 315 g/mol. The van der Waals surface area contributed by atoms with Crippen molar-refractivity contribution in [2.24, 2.45) is 0 Å². The van der Waals surface area contributed by atoms with Gasteiger partial charge in [-0.05, 0) is 42.0 Å². The minimum absolute atomic E-state index is 0.191. The number of aromatic nitrogens is 4. The molecule has 2 N–H and O–H groups in total. The van der Waals surface area contributed by atoms with Gasteiger partial charge >= 0.3 is 0 Å². The van der Waals surface area contributed by atoms with Crippen LogP contribution in [0.15, 0.2) is 73.4 Å². The van der Waals surface area contributed by atoms with E-state index in [0.29, 0.717) is 0 Å². The largest absolute Gasteiger partial charge is 0.368 e. The molecule has 24 heavy (non-hydrogen) atoms. The smallest absolute Gasteiger partial charge is 0.137 e. The molecule has 1 unspecified atom stereocenters. The van der Waals surface area contributed by atoms with Gasteiger partial charge in [0, 0.05) is 42.1 Å². The Morgan fingerprint density at radius 1 is 0.958 bits per heavy atom. The maximum atomic E-state index is 4.41. The molecule has 5 heteroatoms. The molecule has 0 amide bonds. The fourth-order valence-corrected chi connectivity index (χ4v) is 2.91. The van der Waals surface area contributed by atoms with Crippen molar-refractivity contribution in [3.05, 3.63) is 84.7 Å². The number of para-hydroxylation sites is 1. The zero-order valence-electron chi connectivity index (χ0n) is 13.1. The molecule has 1 aromatic carbocycles. The van der Waals surface area contributed by atoms with E-state index in [4.69, 9.17) is 0 Å². The molecule has 4 rings (SSSR count). The van der Waals surface area contributed by atoms with Gasteiger partial charge in [0.05, 0.1) is 5.52 Å². The zero-order valence-corrected chi connectivity index (χ0v) is 13.1. The molecule has 118 valence electrons. The number of fused-ring (bicyclic) bond motifs is 1. The van der Waals surface area contributed by atoms with Gasteiger partial charge in [0.15, 0.2) is 0 Å². The van der Waals surface area contributed by atoms with E-state index in [2.05, 4.69) is 31.3 Å². The third-order valence-corrected chi connectivity index (χ3v) is 4.12. The third kappa shape index (κ3) is 2.84. The van der Waals surface area contributed by atoms with Crippen molar-refractivity contribution in [2.75, 3.05) is 11.9 Å². The van der Waals surface area contributed by atoms with Crippen LogP contribution in [0.3, 0.4) is 0 Å². The fraction of sp³-hybridized carbons (Fsp3) is 0.105. The predicted molar refractivity (Wildman–Crippen MR) is 94.9 cm³/mol. The Morgan fingerprint density at radius 3 is 2.67 bits per heavy atom. The van der Waals surface area contributed by atoms with Gasteiger partial charge in [-0.2, -0.15) is 0 Å². The summed E-state index contributed by atoms with van der Waals surface area (Å²) in [6.07, 6.45) is 7.20. The molecule has 0 saturated heterocycles. The van der Waals surface area contributed by atoms with Crippen molar-refractivity contribution in [3.63, 3.8) is 0 Å². The number of hydrogen-bond acceptors (Lipinski definition) is 4. The standard InChI is InChI=1S/C19H17N5/c1-2-5-17-15(4-1)19(24-13-23-17)22-12-16(18-6-3-9-21-18)14-7-10-20-11-8-14/h1-11,13,16,21H,12H2,(H,22,23,24). The van der Waals surface area contributed by atoms with Crippen LogP contribution in [0, 0.1) is 0 Å². The van der Waals surface area contributed by atoms with Gasteiger partial charge in [0.2, 0.25) is 0 Å². The highest BCUT2D eigenvalue weighted by molar-refractivity contribution is 5.88. The Kier molecular flexibility index (Phi) is 3.90. The number of rotatable bonds is 5. The van der Waals surface area contributed by atoms with Crippen LogP contribution in [0.1, 0.15) is 17.2 Å². The Hall–Kier alpha value is -3.21. The summed E-state index contributed by atoms with van der Waals surface area (Å²) in [4.78, 5) is 16.2. The number of aromatic amines is 1. The summed E-state index contributed by atoms with van der Waals surface area (Å²) in [5, 5.41) is 4.51. The van der Waals surface area contributed by atoms with Gasteiger partial charge in [-0.15, -0.1) is 0 Å². The molecular weight excluding hydrogens is 298 g/mol. The lowest BCUT2D eigenvalue weighted by Crippen LogP contribution is -2.15. The van der Waals surface area contributed by atoms with Gasteiger partial charge in [-0.25, -0.2) is 9.97 Å². The Labute approximate surface area is 139 Å². The molecule has 0 spiro atoms. The summed E-state index contributed by atoms with van der Waals surface area (Å²) in [7, 11) is 0. The zero-order chi connectivity index (χ0) is 16.2. The normalized spacial score (nSPS) is 12.2. The van der Waals surface area contributed by atoms with E-state index in [9.17, 15) is 0 Å². The van der Waals surface area contributed by atoms with Crippen LogP contribution in [-0.4, -0.2) is 26.5 Å². The van der Waals surface area contributed by atoms with Crippen molar-refractivity contribution in [1.82, 2.24) is 19.9 Å². The number of nitrogens with zero attached hydrogens (tertiary/aromatic N) is 3. The molecule has 3 heterocycles. The number of pyridine rings is 1. The number of H-pyrrole nitrogens is 1. The lowest BCUT2D eigenvalue weighted by molar-refractivity contribution is 0.819. The van der Waals surface area contributed by atoms with Gasteiger partial charge in [0.25, 0.3) is 0 Å². The predicted octanol–water partition coefficient (Wildman–Crippen LogP) is 3.60. The average molecular weight is 315 g/mol. The average Bonchev–Trinajstić information content (AvgIpc) is 3.17. The highest BCUT2D eigenvalue weighted by atomic mass is 15.0. The molecule has 1 atom stereocenters. The minimum Gasteiger partial charge on any atom is -0.368 e. The van der Waals surface area contributed by atoms with Crippen molar-refractivity contribution in [1.29, 1.82) is 0 Å². The first-order valence-electron chi connectivity index (χ1n) is 7.88. The second kappa shape index (κ2) is 6.50. The van der Waals surface area contributed by atoms with E-state index in [1.807, 2.05) is 61.1 Å². The summed E-state index contributed by atoms with van der Waals surface area (Å²) >= 11 is 0. The van der Waals surface area contributed by atoms with E-state index >= 15 is 0 Å². The second-order valence-corrected chi connectivity index (χ2v) is 5.58. The fourth-order valence-electron chi connectivity index (χ4n) is 2.91. The van der Waals surface area contributed by atoms with Crippen LogP contribution in [0.5, 0.6) is 0 Å². The second-order valence-electron chi connectivity index (χ2n) is 5.58.